The van der Waals surface area contributed by atoms with Crippen LogP contribution in [0.3, 0.4) is 0 Å². The Hall–Kier alpha value is -1.93. The third-order valence-electron chi connectivity index (χ3n) is 9.41. The highest BCUT2D eigenvalue weighted by molar-refractivity contribution is 5.72. The summed E-state index contributed by atoms with van der Waals surface area (Å²) in [6, 6.07) is -0.610. The number of carboxylic acid groups (broad SMARTS) is 1. The van der Waals surface area contributed by atoms with Crippen molar-refractivity contribution in [2.75, 3.05) is 41.0 Å². The summed E-state index contributed by atoms with van der Waals surface area (Å²) in [7, 11) is 5.52. The van der Waals surface area contributed by atoms with Crippen LogP contribution in [0.25, 0.3) is 0 Å². The van der Waals surface area contributed by atoms with E-state index in [4.69, 9.17) is 14.2 Å². The number of allylic oxidation sites excluding steroid dienone is 2. The fourth-order valence-electron chi connectivity index (χ4n) is 6.14. The van der Waals surface area contributed by atoms with Crippen LogP contribution in [0.15, 0.2) is 12.2 Å². The number of rotatable bonds is 37. The highest BCUT2D eigenvalue weighted by atomic mass is 16.6. The molecule has 0 aromatic heterocycles. The molecule has 2 unspecified atom stereocenters. The number of hydrogen-bond acceptors (Lipinski definition) is 6. The Morgan fingerprint density at radius 2 is 1.00 bits per heavy atom. The number of ether oxygens (including phenoxy) is 3. The molecule has 2 atom stereocenters. The van der Waals surface area contributed by atoms with E-state index in [0.29, 0.717) is 19.3 Å². The number of carboxylic acids is 1. The summed E-state index contributed by atoms with van der Waals surface area (Å²) in [6.07, 6.45) is 33.9. The summed E-state index contributed by atoms with van der Waals surface area (Å²) >= 11 is 0. The standard InChI is InChI=1S/C42H79NO7/c1-6-8-10-12-14-16-18-19-20-21-22-23-25-27-29-31-33-41(45)50-38(36-48-35-34-39(42(46)47)43(3,4)5)37-49-40(44)32-30-28-26-24-17-15-13-11-9-7-2/h20-21,38-39H,6-19,22-37H2,1-5H3/p+1/b21-20+. The predicted molar refractivity (Wildman–Crippen MR) is 206 cm³/mol. The third-order valence-corrected chi connectivity index (χ3v) is 9.41. The SMILES string of the molecule is CCCCCCCCC/C=C/CCCCCCCC(=O)OC(COCCC(C(=O)O)[N+](C)(C)C)COC(=O)CCCCCCCCCCCC. The molecule has 294 valence electrons. The molecule has 0 rings (SSSR count). The molecule has 0 bridgehead atoms. The average molecular weight is 711 g/mol. The second-order valence-corrected chi connectivity index (χ2v) is 15.2. The van der Waals surface area contributed by atoms with E-state index >= 15 is 0 Å². The van der Waals surface area contributed by atoms with Gasteiger partial charge in [-0.25, -0.2) is 4.79 Å². The molecular weight excluding hydrogens is 630 g/mol. The van der Waals surface area contributed by atoms with Gasteiger partial charge in [0.2, 0.25) is 0 Å². The van der Waals surface area contributed by atoms with Crippen LogP contribution in [-0.4, -0.2) is 80.6 Å². The molecule has 8 heteroatoms. The quantitative estimate of drug-likeness (QED) is 0.0296. The van der Waals surface area contributed by atoms with Crippen LogP contribution in [-0.2, 0) is 28.6 Å². The van der Waals surface area contributed by atoms with Gasteiger partial charge >= 0.3 is 17.9 Å². The minimum atomic E-state index is -0.875. The molecule has 8 nitrogen and oxygen atoms in total. The third kappa shape index (κ3) is 32.0. The van der Waals surface area contributed by atoms with Gasteiger partial charge in [-0.15, -0.1) is 0 Å². The van der Waals surface area contributed by atoms with Gasteiger partial charge in [0, 0.05) is 19.3 Å². The molecule has 0 saturated heterocycles. The van der Waals surface area contributed by atoms with Crippen LogP contribution in [0.1, 0.15) is 187 Å². The zero-order valence-corrected chi connectivity index (χ0v) is 33.4. The predicted octanol–water partition coefficient (Wildman–Crippen LogP) is 10.7. The summed E-state index contributed by atoms with van der Waals surface area (Å²) in [4.78, 5) is 36.8. The number of hydrogen-bond donors (Lipinski definition) is 1. The van der Waals surface area contributed by atoms with E-state index in [-0.39, 0.29) is 36.2 Å². The molecule has 0 aliphatic heterocycles. The van der Waals surface area contributed by atoms with Crippen LogP contribution in [0.2, 0.25) is 0 Å². The Morgan fingerprint density at radius 3 is 1.44 bits per heavy atom. The number of nitrogens with zero attached hydrogens (tertiary/aromatic N) is 1. The lowest BCUT2D eigenvalue weighted by Crippen LogP contribution is -2.50. The topological polar surface area (TPSA) is 99.1 Å². The largest absolute Gasteiger partial charge is 0.477 e. The lowest BCUT2D eigenvalue weighted by molar-refractivity contribution is -0.887. The highest BCUT2D eigenvalue weighted by Crippen LogP contribution is 2.14. The zero-order valence-electron chi connectivity index (χ0n) is 33.4. The summed E-state index contributed by atoms with van der Waals surface area (Å²) in [6.45, 7) is 4.72. The number of quaternary nitrogens is 1. The first-order valence-electron chi connectivity index (χ1n) is 20.7. The minimum Gasteiger partial charge on any atom is -0.477 e. The van der Waals surface area contributed by atoms with E-state index in [1.54, 1.807) is 0 Å². The molecule has 0 saturated carbocycles. The maximum atomic E-state index is 12.7. The molecule has 50 heavy (non-hydrogen) atoms. The van der Waals surface area contributed by atoms with E-state index < -0.39 is 18.1 Å². The van der Waals surface area contributed by atoms with Crippen molar-refractivity contribution in [2.45, 2.75) is 199 Å². The smallest absolute Gasteiger partial charge is 0.362 e. The summed E-state index contributed by atoms with van der Waals surface area (Å²) < 4.78 is 17.2. The van der Waals surface area contributed by atoms with Gasteiger partial charge in [0.05, 0.1) is 34.4 Å². The first-order valence-corrected chi connectivity index (χ1v) is 20.7. The number of esters is 2. The molecule has 0 aliphatic rings. The van der Waals surface area contributed by atoms with E-state index in [1.807, 2.05) is 21.1 Å². The molecule has 0 radical (unpaired) electrons. The number of aliphatic carboxylic acids is 1. The molecule has 0 aromatic rings. The lowest BCUT2D eigenvalue weighted by Gasteiger charge is -2.31. The maximum absolute atomic E-state index is 12.7. The first-order chi connectivity index (χ1) is 24.1. The van der Waals surface area contributed by atoms with Gasteiger partial charge < -0.3 is 23.8 Å². The number of likely N-dealkylation sites (N-methyl/N-ethyl adjacent to an activating group) is 1. The maximum Gasteiger partial charge on any atom is 0.362 e. The number of carbonyl (C=O) groups excluding carboxylic acids is 2. The van der Waals surface area contributed by atoms with Crippen molar-refractivity contribution >= 4 is 17.9 Å². The number of unbranched alkanes of at least 4 members (excludes halogenated alkanes) is 21. The van der Waals surface area contributed by atoms with Crippen molar-refractivity contribution in [1.82, 2.24) is 0 Å². The fraction of sp³-hybridized carbons (Fsp3) is 0.881. The molecule has 0 amide bonds. The molecule has 0 spiro atoms. The average Bonchev–Trinajstić information content (AvgIpc) is 3.06. The van der Waals surface area contributed by atoms with Crippen molar-refractivity contribution < 1.29 is 38.2 Å². The van der Waals surface area contributed by atoms with E-state index in [2.05, 4.69) is 26.0 Å². The minimum absolute atomic E-state index is 0.0491. The Bertz CT molecular complexity index is 838. The Balaban J connectivity index is 4.36. The van der Waals surface area contributed by atoms with Gasteiger partial charge in [0.1, 0.15) is 6.61 Å². The van der Waals surface area contributed by atoms with Gasteiger partial charge in [0.25, 0.3) is 0 Å². The van der Waals surface area contributed by atoms with Crippen molar-refractivity contribution in [3.05, 3.63) is 12.2 Å². The van der Waals surface area contributed by atoms with Gasteiger partial charge in [-0.2, -0.15) is 0 Å². The zero-order chi connectivity index (χ0) is 37.1. The Morgan fingerprint density at radius 1 is 0.580 bits per heavy atom. The summed E-state index contributed by atoms with van der Waals surface area (Å²) in [5.41, 5.74) is 0. The molecule has 1 N–H and O–H groups in total. The molecule has 0 aliphatic carbocycles. The van der Waals surface area contributed by atoms with Crippen LogP contribution >= 0.6 is 0 Å². The van der Waals surface area contributed by atoms with Crippen molar-refractivity contribution in [3.63, 3.8) is 0 Å². The van der Waals surface area contributed by atoms with Crippen molar-refractivity contribution in [2.24, 2.45) is 0 Å². The molecule has 0 aromatic carbocycles. The normalized spacial score (nSPS) is 13.1. The molecule has 0 heterocycles. The van der Waals surface area contributed by atoms with Gasteiger partial charge in [0.15, 0.2) is 12.1 Å². The lowest BCUT2D eigenvalue weighted by atomic mass is 10.1. The van der Waals surface area contributed by atoms with Crippen LogP contribution in [0.5, 0.6) is 0 Å². The second kappa shape index (κ2) is 34.2. The second-order valence-electron chi connectivity index (χ2n) is 15.2. The first kappa shape index (κ1) is 48.1. The van der Waals surface area contributed by atoms with E-state index in [1.165, 1.54) is 103 Å². The fourth-order valence-corrected chi connectivity index (χ4v) is 6.14. The monoisotopic (exact) mass is 711 g/mol. The van der Waals surface area contributed by atoms with Gasteiger partial charge in [-0.05, 0) is 38.5 Å². The number of carbonyl (C=O) groups is 3. The van der Waals surface area contributed by atoms with E-state index in [0.717, 1.165) is 51.4 Å². The molecular formula is C42H80NO7+. The highest BCUT2D eigenvalue weighted by Gasteiger charge is 2.31. The molecule has 0 fully saturated rings. The van der Waals surface area contributed by atoms with Crippen LogP contribution in [0, 0.1) is 0 Å². The Labute approximate surface area is 308 Å². The summed E-state index contributed by atoms with van der Waals surface area (Å²) in [5.74, 6) is -1.47. The Kier molecular flexibility index (Phi) is 32.9. The van der Waals surface area contributed by atoms with Gasteiger partial charge in [-0.1, -0.05) is 142 Å². The van der Waals surface area contributed by atoms with Crippen molar-refractivity contribution in [3.8, 4) is 0 Å². The van der Waals surface area contributed by atoms with Crippen LogP contribution in [0.4, 0.5) is 0 Å². The van der Waals surface area contributed by atoms with Crippen LogP contribution < -0.4 is 0 Å². The van der Waals surface area contributed by atoms with Crippen molar-refractivity contribution in [1.29, 1.82) is 0 Å². The van der Waals surface area contributed by atoms with E-state index in [9.17, 15) is 19.5 Å². The summed E-state index contributed by atoms with van der Waals surface area (Å²) in [5, 5.41) is 9.59. The van der Waals surface area contributed by atoms with Gasteiger partial charge in [-0.3, -0.25) is 9.59 Å².